The summed E-state index contributed by atoms with van der Waals surface area (Å²) in [5.74, 6) is -3.07. The molecule has 8 rings (SSSR count). The lowest BCUT2D eigenvalue weighted by Gasteiger charge is -2.27. The van der Waals surface area contributed by atoms with E-state index in [2.05, 4.69) is 27.1 Å². The third-order valence-corrected chi connectivity index (χ3v) is 11.7. The lowest BCUT2D eigenvalue weighted by atomic mass is 10.1. The van der Waals surface area contributed by atoms with E-state index in [9.17, 15) is 41.1 Å². The Hall–Kier alpha value is -6.99. The van der Waals surface area contributed by atoms with Crippen molar-refractivity contribution in [1.82, 2.24) is 39.0 Å². The summed E-state index contributed by atoms with van der Waals surface area (Å²) >= 11 is 0. The lowest BCUT2D eigenvalue weighted by Crippen LogP contribution is -2.39. The molecule has 2 saturated heterocycles. The van der Waals surface area contributed by atoms with Crippen molar-refractivity contribution in [3.8, 4) is 22.5 Å². The number of halogens is 5. The normalized spacial score (nSPS) is 17.0. The third-order valence-electron chi connectivity index (χ3n) is 11.7. The number of benzene rings is 2. The molecule has 6 aromatic rings. The molecular formula is C45H48F5N11O4. The molecular weight excluding hydrogens is 854 g/mol. The highest BCUT2D eigenvalue weighted by atomic mass is 19.4. The maximum Gasteiger partial charge on any atom is 0.433 e. The summed E-state index contributed by atoms with van der Waals surface area (Å²) in [4.78, 5) is 62.9. The molecule has 4 amide bonds. The number of alkyl halides is 3. The van der Waals surface area contributed by atoms with Crippen molar-refractivity contribution < 1.29 is 41.1 Å². The van der Waals surface area contributed by atoms with E-state index >= 15 is 0 Å². The molecule has 0 spiro atoms. The predicted molar refractivity (Wildman–Crippen MR) is 231 cm³/mol. The van der Waals surface area contributed by atoms with Crippen molar-refractivity contribution >= 4 is 40.7 Å². The highest BCUT2D eigenvalue weighted by Crippen LogP contribution is 2.33. The smallest absolute Gasteiger partial charge is 0.366 e. The van der Waals surface area contributed by atoms with Crippen molar-refractivity contribution in [1.29, 1.82) is 0 Å². The van der Waals surface area contributed by atoms with Crippen LogP contribution in [-0.4, -0.2) is 102 Å². The van der Waals surface area contributed by atoms with Gasteiger partial charge in [0.15, 0.2) is 17.0 Å². The molecule has 0 aliphatic carbocycles. The molecule has 0 radical (unpaired) electrons. The van der Waals surface area contributed by atoms with E-state index in [-0.39, 0.29) is 57.3 Å². The summed E-state index contributed by atoms with van der Waals surface area (Å²) in [6, 6.07) is 12.6. The molecule has 2 atom stereocenters. The molecule has 20 heteroatoms. The SMILES string of the molecule is CC1CCCCCN1C(=O)c1cc(C(F)(F)F)n2nc(-c3ccc(C(N)=O)cc3F)cc2n1.CC1CCCCCN1C(=O)c1cc(N(C)C)n2nc(-c3ccc(C(N)=O)cc3F)cc2n1. The summed E-state index contributed by atoms with van der Waals surface area (Å²) in [7, 11) is 3.70. The maximum absolute atomic E-state index is 14.7. The molecule has 2 aliphatic rings. The van der Waals surface area contributed by atoms with E-state index in [1.54, 1.807) is 21.5 Å². The fourth-order valence-corrected chi connectivity index (χ4v) is 8.14. The van der Waals surface area contributed by atoms with Gasteiger partial charge in [0.2, 0.25) is 11.8 Å². The van der Waals surface area contributed by atoms with Crippen LogP contribution < -0.4 is 16.4 Å². The van der Waals surface area contributed by atoms with Gasteiger partial charge in [0.05, 0.1) is 11.4 Å². The molecule has 15 nitrogen and oxygen atoms in total. The van der Waals surface area contributed by atoms with Gasteiger partial charge in [-0.1, -0.05) is 25.7 Å². The molecule has 2 aromatic carbocycles. The number of fused-ring (bicyclic) bond motifs is 2. The van der Waals surface area contributed by atoms with Crippen molar-refractivity contribution in [2.24, 2.45) is 11.5 Å². The molecule has 342 valence electrons. The first-order chi connectivity index (χ1) is 30.8. The minimum atomic E-state index is -4.84. The van der Waals surface area contributed by atoms with Gasteiger partial charge in [-0.15, -0.1) is 0 Å². The van der Waals surface area contributed by atoms with Crippen LogP contribution in [0.4, 0.5) is 27.8 Å². The van der Waals surface area contributed by atoms with E-state index < -0.39 is 41.2 Å². The van der Waals surface area contributed by atoms with Gasteiger partial charge in [-0.3, -0.25) is 19.2 Å². The Morgan fingerprint density at radius 3 is 1.51 bits per heavy atom. The zero-order valence-corrected chi connectivity index (χ0v) is 36.2. The Kier molecular flexibility index (Phi) is 13.2. The molecule has 2 aliphatic heterocycles. The van der Waals surface area contributed by atoms with E-state index in [4.69, 9.17) is 11.5 Å². The monoisotopic (exact) mass is 901 g/mol. The first-order valence-corrected chi connectivity index (χ1v) is 21.2. The van der Waals surface area contributed by atoms with Crippen LogP contribution in [0.5, 0.6) is 0 Å². The van der Waals surface area contributed by atoms with Crippen LogP contribution >= 0.6 is 0 Å². The minimum absolute atomic E-state index is 0.0848. The van der Waals surface area contributed by atoms with Crippen LogP contribution in [0.2, 0.25) is 0 Å². The number of carbonyl (C=O) groups excluding carboxylic acids is 4. The van der Waals surface area contributed by atoms with E-state index in [0.717, 1.165) is 63.5 Å². The maximum atomic E-state index is 14.7. The number of anilines is 1. The number of amides is 4. The van der Waals surface area contributed by atoms with Gasteiger partial charge in [0, 0.05) is 85.8 Å². The standard InChI is InChI=1S/C23H27FN6O2.C22H21F4N5O2/c1-14-7-5-4-6-10-29(14)23(32)19-13-21(28(2)3)30-20(26-19)12-18(27-30)16-9-8-15(22(25)31)11-17(16)24;1-12-5-3-2-4-8-30(12)21(33)17-10-18(22(24,25)26)31-19(28-17)11-16(29-31)14-7-6-13(20(27)32)9-15(14)23/h8-9,11-14H,4-7,10H2,1-3H3,(H2,25,31);6-7,9-12H,2-5,8H2,1H3,(H2,27,32). The van der Waals surface area contributed by atoms with Crippen molar-refractivity contribution in [3.05, 3.63) is 101 Å². The average molecular weight is 902 g/mol. The second kappa shape index (κ2) is 18.6. The summed E-state index contributed by atoms with van der Waals surface area (Å²) in [6.07, 6.45) is 2.78. The number of rotatable bonds is 7. The second-order valence-corrected chi connectivity index (χ2v) is 16.5. The fraction of sp³-hybridized carbons (Fsp3) is 0.378. The molecule has 0 bridgehead atoms. The molecule has 2 unspecified atom stereocenters. The summed E-state index contributed by atoms with van der Waals surface area (Å²) in [5, 5.41) is 8.39. The second-order valence-electron chi connectivity index (χ2n) is 16.5. The Morgan fingerprint density at radius 2 is 1.08 bits per heavy atom. The van der Waals surface area contributed by atoms with Gasteiger partial charge in [0.1, 0.15) is 28.8 Å². The number of aromatic nitrogens is 6. The van der Waals surface area contributed by atoms with E-state index in [1.807, 2.05) is 30.8 Å². The minimum Gasteiger partial charge on any atom is -0.366 e. The molecule has 4 N–H and O–H groups in total. The van der Waals surface area contributed by atoms with Gasteiger partial charge in [-0.2, -0.15) is 27.9 Å². The quantitative estimate of drug-likeness (QED) is 0.157. The molecule has 4 aromatic heterocycles. The molecule has 2 fully saturated rings. The van der Waals surface area contributed by atoms with Crippen molar-refractivity contribution in [2.45, 2.75) is 83.5 Å². The molecule has 6 heterocycles. The Bertz CT molecular complexity index is 2800. The fourth-order valence-electron chi connectivity index (χ4n) is 8.14. The zero-order valence-electron chi connectivity index (χ0n) is 36.2. The highest BCUT2D eigenvalue weighted by Gasteiger charge is 2.37. The first kappa shape index (κ1) is 46.0. The van der Waals surface area contributed by atoms with Crippen molar-refractivity contribution in [3.63, 3.8) is 0 Å². The first-order valence-electron chi connectivity index (χ1n) is 21.2. The van der Waals surface area contributed by atoms with Crippen LogP contribution in [-0.2, 0) is 6.18 Å². The number of carbonyl (C=O) groups is 4. The van der Waals surface area contributed by atoms with Crippen LogP contribution in [0.3, 0.4) is 0 Å². The van der Waals surface area contributed by atoms with Gasteiger partial charge in [0.25, 0.3) is 11.8 Å². The summed E-state index contributed by atoms with van der Waals surface area (Å²) < 4.78 is 72.8. The van der Waals surface area contributed by atoms with Crippen molar-refractivity contribution in [2.75, 3.05) is 32.1 Å². The average Bonchev–Trinajstić information content (AvgIpc) is 3.74. The number of nitrogens with zero attached hydrogens (tertiary/aromatic N) is 9. The predicted octanol–water partition coefficient (Wildman–Crippen LogP) is 7.16. The number of hydrogen-bond donors (Lipinski definition) is 2. The topological polar surface area (TPSA) is 190 Å². The van der Waals surface area contributed by atoms with Crippen LogP contribution in [0.15, 0.2) is 60.7 Å². The number of likely N-dealkylation sites (tertiary alicyclic amines) is 2. The zero-order chi connectivity index (χ0) is 46.9. The van der Waals surface area contributed by atoms with Gasteiger partial charge < -0.3 is 26.2 Å². The molecule has 65 heavy (non-hydrogen) atoms. The number of hydrogen-bond acceptors (Lipinski definition) is 9. The Labute approximate surface area is 370 Å². The Balaban J connectivity index is 0.000000194. The molecule has 0 saturated carbocycles. The van der Waals surface area contributed by atoms with Gasteiger partial charge in [-0.25, -0.2) is 23.3 Å². The summed E-state index contributed by atoms with van der Waals surface area (Å²) in [5.41, 5.74) is 9.66. The highest BCUT2D eigenvalue weighted by molar-refractivity contribution is 5.95. The van der Waals surface area contributed by atoms with Crippen LogP contribution in [0.25, 0.3) is 33.8 Å². The number of nitrogens with two attached hydrogens (primary N) is 2. The Morgan fingerprint density at radius 1 is 0.631 bits per heavy atom. The lowest BCUT2D eigenvalue weighted by molar-refractivity contribution is -0.142. The van der Waals surface area contributed by atoms with Crippen LogP contribution in [0.1, 0.15) is 113 Å². The van der Waals surface area contributed by atoms with Gasteiger partial charge in [-0.05, 0) is 75.9 Å². The summed E-state index contributed by atoms with van der Waals surface area (Å²) in [6.45, 7) is 5.09. The third kappa shape index (κ3) is 9.75. The largest absolute Gasteiger partial charge is 0.433 e. The number of primary amides is 2. The van der Waals surface area contributed by atoms with Crippen LogP contribution in [0, 0.1) is 11.6 Å². The van der Waals surface area contributed by atoms with E-state index in [0.29, 0.717) is 46.5 Å². The van der Waals surface area contributed by atoms with E-state index in [1.165, 1.54) is 30.3 Å². The van der Waals surface area contributed by atoms with Gasteiger partial charge >= 0.3 is 6.18 Å².